The van der Waals surface area contributed by atoms with Gasteiger partial charge in [0, 0.05) is 12.2 Å². The average molecular weight is 319 g/mol. The number of benzene rings is 1. The van der Waals surface area contributed by atoms with Crippen LogP contribution in [0.1, 0.15) is 40.0 Å². The number of methoxy groups -OCH3 is 1. The second-order valence-corrected chi connectivity index (χ2v) is 6.91. The third kappa shape index (κ3) is 5.58. The molecule has 1 saturated carbocycles. The van der Waals surface area contributed by atoms with Gasteiger partial charge < -0.3 is 14.4 Å². The fraction of sp³-hybridized carbons (Fsp3) is 0.556. The van der Waals surface area contributed by atoms with Crippen molar-refractivity contribution in [1.29, 1.82) is 0 Å². The van der Waals surface area contributed by atoms with Gasteiger partial charge in [0.2, 0.25) is 5.91 Å². The Bertz CT molecular complexity index is 555. The zero-order chi connectivity index (χ0) is 17.0. The first kappa shape index (κ1) is 17.3. The monoisotopic (exact) mass is 319 g/mol. The predicted molar refractivity (Wildman–Crippen MR) is 88.5 cm³/mol. The van der Waals surface area contributed by atoms with E-state index in [-0.39, 0.29) is 12.3 Å². The highest BCUT2D eigenvalue weighted by atomic mass is 16.6. The molecule has 5 nitrogen and oxygen atoms in total. The van der Waals surface area contributed by atoms with Crippen LogP contribution in [0.5, 0.6) is 5.75 Å². The summed E-state index contributed by atoms with van der Waals surface area (Å²) in [5, 5.41) is 0. The first-order valence-corrected chi connectivity index (χ1v) is 7.95. The van der Waals surface area contributed by atoms with E-state index in [4.69, 9.17) is 9.47 Å². The fourth-order valence-electron chi connectivity index (χ4n) is 2.27. The van der Waals surface area contributed by atoms with Crippen LogP contribution in [-0.4, -0.2) is 31.1 Å². The molecule has 23 heavy (non-hydrogen) atoms. The van der Waals surface area contributed by atoms with E-state index in [1.54, 1.807) is 32.8 Å². The summed E-state index contributed by atoms with van der Waals surface area (Å²) in [7, 11) is 1.60. The Morgan fingerprint density at radius 2 is 1.78 bits per heavy atom. The van der Waals surface area contributed by atoms with Crippen molar-refractivity contribution in [2.45, 2.75) is 45.6 Å². The SMILES string of the molecule is COc1ccc(N(CC2CC2)C(=O)CC(=O)OC(C)(C)C)cc1. The summed E-state index contributed by atoms with van der Waals surface area (Å²) in [6.45, 7) is 6.02. The Morgan fingerprint density at radius 1 is 1.17 bits per heavy atom. The van der Waals surface area contributed by atoms with Gasteiger partial charge >= 0.3 is 5.97 Å². The number of ether oxygens (including phenoxy) is 2. The van der Waals surface area contributed by atoms with E-state index in [9.17, 15) is 9.59 Å². The maximum atomic E-state index is 12.6. The molecule has 0 N–H and O–H groups in total. The van der Waals surface area contributed by atoms with Crippen LogP contribution in [0.25, 0.3) is 0 Å². The Balaban J connectivity index is 2.07. The Morgan fingerprint density at radius 3 is 2.26 bits per heavy atom. The highest BCUT2D eigenvalue weighted by Crippen LogP contribution is 2.32. The largest absolute Gasteiger partial charge is 0.497 e. The molecule has 2 rings (SSSR count). The molecule has 0 heterocycles. The molecule has 1 aromatic rings. The topological polar surface area (TPSA) is 55.8 Å². The van der Waals surface area contributed by atoms with E-state index in [2.05, 4.69) is 0 Å². The third-order valence-corrected chi connectivity index (χ3v) is 3.54. The molecule has 1 amide bonds. The molecule has 0 spiro atoms. The third-order valence-electron chi connectivity index (χ3n) is 3.54. The molecule has 0 aliphatic heterocycles. The minimum absolute atomic E-state index is 0.226. The van der Waals surface area contributed by atoms with Crippen molar-refractivity contribution in [2.75, 3.05) is 18.6 Å². The highest BCUT2D eigenvalue weighted by molar-refractivity contribution is 6.03. The number of carbonyl (C=O) groups is 2. The molecule has 1 aliphatic carbocycles. The number of anilines is 1. The van der Waals surface area contributed by atoms with Gasteiger partial charge in [-0.1, -0.05) is 0 Å². The van der Waals surface area contributed by atoms with E-state index in [1.165, 1.54) is 0 Å². The van der Waals surface area contributed by atoms with Crippen LogP contribution < -0.4 is 9.64 Å². The number of hydrogen-bond acceptors (Lipinski definition) is 4. The molecule has 0 bridgehead atoms. The average Bonchev–Trinajstić information content (AvgIpc) is 3.26. The molecule has 0 radical (unpaired) electrons. The lowest BCUT2D eigenvalue weighted by molar-refractivity contribution is -0.156. The lowest BCUT2D eigenvalue weighted by atomic mass is 10.2. The molecular formula is C18H25NO4. The molecule has 1 aliphatic rings. The molecule has 5 heteroatoms. The fourth-order valence-corrected chi connectivity index (χ4v) is 2.27. The second kappa shape index (κ2) is 7.02. The number of rotatable bonds is 6. The van der Waals surface area contributed by atoms with Gasteiger partial charge in [-0.2, -0.15) is 0 Å². The second-order valence-electron chi connectivity index (χ2n) is 6.91. The van der Waals surface area contributed by atoms with Crippen LogP contribution in [0, 0.1) is 5.92 Å². The van der Waals surface area contributed by atoms with Crippen molar-refractivity contribution in [1.82, 2.24) is 0 Å². The van der Waals surface area contributed by atoms with Gasteiger partial charge in [0.15, 0.2) is 0 Å². The van der Waals surface area contributed by atoms with E-state index in [0.29, 0.717) is 12.5 Å². The minimum Gasteiger partial charge on any atom is -0.497 e. The van der Waals surface area contributed by atoms with Gasteiger partial charge in [0.05, 0.1) is 7.11 Å². The van der Waals surface area contributed by atoms with Crippen molar-refractivity contribution in [3.05, 3.63) is 24.3 Å². The van der Waals surface area contributed by atoms with Crippen molar-refractivity contribution >= 4 is 17.6 Å². The Hall–Kier alpha value is -2.04. The van der Waals surface area contributed by atoms with Gasteiger partial charge in [-0.05, 0) is 63.8 Å². The van der Waals surface area contributed by atoms with Crippen molar-refractivity contribution in [3.8, 4) is 5.75 Å². The Kier molecular flexibility index (Phi) is 5.29. The predicted octanol–water partition coefficient (Wildman–Crippen LogP) is 3.17. The number of nitrogens with zero attached hydrogens (tertiary/aromatic N) is 1. The van der Waals surface area contributed by atoms with Gasteiger partial charge in [-0.3, -0.25) is 9.59 Å². The standard InChI is InChI=1S/C18H25NO4/c1-18(2,3)23-17(21)11-16(20)19(12-13-5-6-13)14-7-9-15(22-4)10-8-14/h7-10,13H,5-6,11-12H2,1-4H3. The van der Waals surface area contributed by atoms with Gasteiger partial charge in [0.1, 0.15) is 17.8 Å². The molecular weight excluding hydrogens is 294 g/mol. The van der Waals surface area contributed by atoms with Crippen LogP contribution in [0.2, 0.25) is 0 Å². The smallest absolute Gasteiger partial charge is 0.315 e. The van der Waals surface area contributed by atoms with E-state index in [1.807, 2.05) is 24.3 Å². The van der Waals surface area contributed by atoms with Crippen LogP contribution in [0.15, 0.2) is 24.3 Å². The van der Waals surface area contributed by atoms with Gasteiger partial charge in [-0.15, -0.1) is 0 Å². The molecule has 0 unspecified atom stereocenters. The molecule has 1 fully saturated rings. The maximum Gasteiger partial charge on any atom is 0.315 e. The van der Waals surface area contributed by atoms with Gasteiger partial charge in [0.25, 0.3) is 0 Å². The summed E-state index contributed by atoms with van der Waals surface area (Å²) >= 11 is 0. The normalized spacial score (nSPS) is 14.3. The number of esters is 1. The van der Waals surface area contributed by atoms with Crippen molar-refractivity contribution in [3.63, 3.8) is 0 Å². The summed E-state index contributed by atoms with van der Waals surface area (Å²) in [6, 6.07) is 7.31. The molecule has 0 saturated heterocycles. The van der Waals surface area contributed by atoms with E-state index < -0.39 is 11.6 Å². The summed E-state index contributed by atoms with van der Waals surface area (Å²) < 4.78 is 10.4. The quantitative estimate of drug-likeness (QED) is 0.597. The minimum atomic E-state index is -0.585. The first-order chi connectivity index (χ1) is 10.8. The lowest BCUT2D eigenvalue weighted by Gasteiger charge is -2.24. The first-order valence-electron chi connectivity index (χ1n) is 7.95. The summed E-state index contributed by atoms with van der Waals surface area (Å²) in [5.41, 5.74) is 0.199. The Labute approximate surface area is 137 Å². The van der Waals surface area contributed by atoms with E-state index in [0.717, 1.165) is 24.3 Å². The summed E-state index contributed by atoms with van der Waals surface area (Å²) in [6.07, 6.45) is 2.02. The molecule has 126 valence electrons. The van der Waals surface area contributed by atoms with Gasteiger partial charge in [-0.25, -0.2) is 0 Å². The van der Waals surface area contributed by atoms with Crippen LogP contribution in [0.4, 0.5) is 5.69 Å². The highest BCUT2D eigenvalue weighted by Gasteiger charge is 2.29. The number of carbonyl (C=O) groups excluding carboxylic acids is 2. The van der Waals surface area contributed by atoms with Crippen LogP contribution >= 0.6 is 0 Å². The molecule has 0 atom stereocenters. The molecule has 0 aromatic heterocycles. The number of amides is 1. The zero-order valence-electron chi connectivity index (χ0n) is 14.3. The lowest BCUT2D eigenvalue weighted by Crippen LogP contribution is -2.36. The zero-order valence-corrected chi connectivity index (χ0v) is 14.3. The number of hydrogen-bond donors (Lipinski definition) is 0. The summed E-state index contributed by atoms with van der Waals surface area (Å²) in [5.74, 6) is 0.549. The molecule has 1 aromatic carbocycles. The summed E-state index contributed by atoms with van der Waals surface area (Å²) in [4.78, 5) is 26.2. The maximum absolute atomic E-state index is 12.6. The van der Waals surface area contributed by atoms with E-state index >= 15 is 0 Å². The van der Waals surface area contributed by atoms with Crippen molar-refractivity contribution < 1.29 is 19.1 Å². The van der Waals surface area contributed by atoms with Crippen molar-refractivity contribution in [2.24, 2.45) is 5.92 Å². The van der Waals surface area contributed by atoms with Crippen LogP contribution in [-0.2, 0) is 14.3 Å². The van der Waals surface area contributed by atoms with Crippen LogP contribution in [0.3, 0.4) is 0 Å².